The van der Waals surface area contributed by atoms with Crippen LogP contribution in [0.5, 0.6) is 11.5 Å². The fourth-order valence-electron chi connectivity index (χ4n) is 2.58. The van der Waals surface area contributed by atoms with E-state index in [0.29, 0.717) is 29.3 Å². The van der Waals surface area contributed by atoms with Crippen LogP contribution in [0.15, 0.2) is 48.5 Å². The second-order valence-corrected chi connectivity index (χ2v) is 6.54. The van der Waals surface area contributed by atoms with Crippen LogP contribution in [-0.2, 0) is 4.79 Å². The molecule has 2 rings (SSSR count). The number of benzene rings is 2. The van der Waals surface area contributed by atoms with Gasteiger partial charge in [0.2, 0.25) is 5.91 Å². The summed E-state index contributed by atoms with van der Waals surface area (Å²) in [6.45, 7) is 1.25. The van der Waals surface area contributed by atoms with Crippen molar-refractivity contribution in [3.8, 4) is 11.5 Å². The number of methoxy groups -OCH3 is 2. The third-order valence-electron chi connectivity index (χ3n) is 4.11. The molecule has 0 bridgehead atoms. The summed E-state index contributed by atoms with van der Waals surface area (Å²) in [5.41, 5.74) is 1.66. The van der Waals surface area contributed by atoms with Crippen LogP contribution in [0.4, 0.5) is 5.69 Å². The number of amides is 2. The van der Waals surface area contributed by atoms with E-state index in [1.54, 1.807) is 56.7 Å². The van der Waals surface area contributed by atoms with Crippen molar-refractivity contribution in [3.63, 3.8) is 0 Å². The molecule has 0 unspecified atom stereocenters. The Balaban J connectivity index is 2.05. The van der Waals surface area contributed by atoms with Crippen molar-refractivity contribution in [1.29, 1.82) is 0 Å². The summed E-state index contributed by atoms with van der Waals surface area (Å²) in [5, 5.41) is 5.61. The van der Waals surface area contributed by atoms with Crippen LogP contribution in [0, 0.1) is 0 Å². The zero-order chi connectivity index (χ0) is 21.2. The summed E-state index contributed by atoms with van der Waals surface area (Å²) in [4.78, 5) is 26.7. The maximum Gasteiger partial charge on any atom is 0.253 e. The molecule has 0 aliphatic rings. The highest BCUT2D eigenvalue weighted by molar-refractivity contribution is 6.07. The first kappa shape index (κ1) is 22.0. The van der Waals surface area contributed by atoms with Crippen molar-refractivity contribution in [3.05, 3.63) is 59.7 Å². The molecule has 2 aromatic rings. The molecule has 0 fully saturated rings. The number of rotatable bonds is 9. The Bertz CT molecular complexity index is 878. The number of carbonyl (C=O) groups is 2. The number of anilines is 1. The molecule has 0 aliphatic carbocycles. The van der Waals surface area contributed by atoms with Crippen molar-refractivity contribution >= 4 is 23.6 Å². The van der Waals surface area contributed by atoms with Crippen molar-refractivity contribution in [2.75, 3.05) is 46.7 Å². The van der Waals surface area contributed by atoms with Crippen LogP contribution in [0.25, 0.3) is 6.08 Å². The molecule has 0 aliphatic heterocycles. The number of ether oxygens (including phenoxy) is 2. The van der Waals surface area contributed by atoms with Crippen molar-refractivity contribution in [1.82, 2.24) is 10.2 Å². The van der Waals surface area contributed by atoms with Crippen molar-refractivity contribution < 1.29 is 19.1 Å². The first-order valence-corrected chi connectivity index (χ1v) is 9.17. The molecule has 0 heterocycles. The first-order valence-electron chi connectivity index (χ1n) is 9.17. The van der Waals surface area contributed by atoms with Crippen LogP contribution in [0.1, 0.15) is 15.9 Å². The van der Waals surface area contributed by atoms with E-state index < -0.39 is 0 Å². The first-order chi connectivity index (χ1) is 13.9. The molecule has 0 saturated carbocycles. The molecule has 0 saturated heterocycles. The topological polar surface area (TPSA) is 79.9 Å². The minimum absolute atomic E-state index is 0.230. The van der Waals surface area contributed by atoms with Gasteiger partial charge in [0, 0.05) is 19.2 Å². The largest absolute Gasteiger partial charge is 0.493 e. The lowest BCUT2D eigenvalue weighted by Crippen LogP contribution is -2.31. The Hall–Kier alpha value is -3.32. The molecule has 0 aromatic heterocycles. The standard InChI is InChI=1S/C22H27N3O4/c1-25(2)14-13-23-22(27)17-7-5-6-8-18(17)24-21(26)12-10-16-9-11-19(28-3)20(15-16)29-4/h5-12,15H,13-14H2,1-4H3,(H,23,27)(H,24,26). The quantitative estimate of drug-likeness (QED) is 0.636. The maximum atomic E-state index is 12.4. The van der Waals surface area contributed by atoms with Crippen LogP contribution < -0.4 is 20.1 Å². The van der Waals surface area contributed by atoms with Gasteiger partial charge in [0.05, 0.1) is 25.5 Å². The van der Waals surface area contributed by atoms with E-state index in [4.69, 9.17) is 9.47 Å². The van der Waals surface area contributed by atoms with Gasteiger partial charge in [-0.15, -0.1) is 0 Å². The van der Waals surface area contributed by atoms with Crippen LogP contribution in [0.2, 0.25) is 0 Å². The highest BCUT2D eigenvalue weighted by atomic mass is 16.5. The van der Waals surface area contributed by atoms with E-state index in [9.17, 15) is 9.59 Å². The van der Waals surface area contributed by atoms with Crippen LogP contribution >= 0.6 is 0 Å². The molecule has 2 amide bonds. The lowest BCUT2D eigenvalue weighted by atomic mass is 10.1. The predicted octanol–water partition coefficient (Wildman–Crippen LogP) is 2.65. The van der Waals surface area contributed by atoms with Gasteiger partial charge in [-0.1, -0.05) is 18.2 Å². The Morgan fingerprint density at radius 3 is 2.45 bits per heavy atom. The number of nitrogens with one attached hydrogen (secondary N) is 2. The molecule has 0 spiro atoms. The normalized spacial score (nSPS) is 10.8. The Labute approximate surface area is 171 Å². The number of nitrogens with zero attached hydrogens (tertiary/aromatic N) is 1. The average Bonchev–Trinajstić information content (AvgIpc) is 2.72. The zero-order valence-electron chi connectivity index (χ0n) is 17.2. The van der Waals surface area contributed by atoms with E-state index >= 15 is 0 Å². The Kier molecular flexibility index (Phi) is 8.24. The highest BCUT2D eigenvalue weighted by Crippen LogP contribution is 2.28. The third-order valence-corrected chi connectivity index (χ3v) is 4.11. The van der Waals surface area contributed by atoms with Gasteiger partial charge in [-0.25, -0.2) is 0 Å². The minimum atomic E-state index is -0.340. The van der Waals surface area contributed by atoms with E-state index in [-0.39, 0.29) is 11.8 Å². The molecule has 0 atom stereocenters. The minimum Gasteiger partial charge on any atom is -0.493 e. The van der Waals surface area contributed by atoms with Gasteiger partial charge >= 0.3 is 0 Å². The van der Waals surface area contributed by atoms with Gasteiger partial charge in [-0.2, -0.15) is 0 Å². The van der Waals surface area contributed by atoms with Gasteiger partial charge in [-0.3, -0.25) is 9.59 Å². The fraction of sp³-hybridized carbons (Fsp3) is 0.273. The van der Waals surface area contributed by atoms with E-state index in [1.807, 2.05) is 25.1 Å². The average molecular weight is 397 g/mol. The summed E-state index contributed by atoms with van der Waals surface area (Å²) in [6, 6.07) is 12.3. The number of para-hydroxylation sites is 1. The monoisotopic (exact) mass is 397 g/mol. The second-order valence-electron chi connectivity index (χ2n) is 6.54. The smallest absolute Gasteiger partial charge is 0.253 e. The van der Waals surface area contributed by atoms with Crippen LogP contribution in [-0.4, -0.2) is 58.1 Å². The predicted molar refractivity (Wildman–Crippen MR) is 115 cm³/mol. The molecule has 2 N–H and O–H groups in total. The molecule has 7 heteroatoms. The SMILES string of the molecule is COc1ccc(C=CC(=O)Nc2ccccc2C(=O)NCCN(C)C)cc1OC. The molecular weight excluding hydrogens is 370 g/mol. The summed E-state index contributed by atoms with van der Waals surface area (Å²) in [7, 11) is 6.99. The van der Waals surface area contributed by atoms with E-state index in [0.717, 1.165) is 12.1 Å². The number of likely N-dealkylation sites (N-methyl/N-ethyl adjacent to an activating group) is 1. The number of hydrogen-bond acceptors (Lipinski definition) is 5. The van der Waals surface area contributed by atoms with Gasteiger partial charge < -0.3 is 25.0 Å². The van der Waals surface area contributed by atoms with E-state index in [2.05, 4.69) is 10.6 Å². The lowest BCUT2D eigenvalue weighted by Gasteiger charge is -2.12. The molecular formula is C22H27N3O4. The second kappa shape index (κ2) is 10.9. The molecule has 154 valence electrons. The molecule has 7 nitrogen and oxygen atoms in total. The summed E-state index contributed by atoms with van der Waals surface area (Å²) >= 11 is 0. The molecule has 2 aromatic carbocycles. The lowest BCUT2D eigenvalue weighted by molar-refractivity contribution is -0.111. The summed E-state index contributed by atoms with van der Waals surface area (Å²) in [6.07, 6.45) is 3.07. The van der Waals surface area contributed by atoms with Gasteiger partial charge in [0.25, 0.3) is 5.91 Å². The fourth-order valence-corrected chi connectivity index (χ4v) is 2.58. The highest BCUT2D eigenvalue weighted by Gasteiger charge is 2.12. The third kappa shape index (κ3) is 6.65. The van der Waals surface area contributed by atoms with E-state index in [1.165, 1.54) is 6.08 Å². The number of hydrogen-bond donors (Lipinski definition) is 2. The van der Waals surface area contributed by atoms with Crippen molar-refractivity contribution in [2.24, 2.45) is 0 Å². The summed E-state index contributed by atoms with van der Waals surface area (Å²) < 4.78 is 10.5. The molecule has 0 radical (unpaired) electrons. The number of carbonyl (C=O) groups excluding carboxylic acids is 2. The maximum absolute atomic E-state index is 12.4. The van der Waals surface area contributed by atoms with Crippen LogP contribution in [0.3, 0.4) is 0 Å². The Morgan fingerprint density at radius 2 is 1.76 bits per heavy atom. The van der Waals surface area contributed by atoms with Gasteiger partial charge in [-0.05, 0) is 50.0 Å². The molecule has 29 heavy (non-hydrogen) atoms. The summed E-state index contributed by atoms with van der Waals surface area (Å²) in [5.74, 6) is 0.623. The van der Waals surface area contributed by atoms with Crippen molar-refractivity contribution in [2.45, 2.75) is 0 Å². The van der Waals surface area contributed by atoms with Gasteiger partial charge in [0.15, 0.2) is 11.5 Å². The van der Waals surface area contributed by atoms with Gasteiger partial charge in [0.1, 0.15) is 0 Å². The zero-order valence-corrected chi connectivity index (χ0v) is 17.2. The Morgan fingerprint density at radius 1 is 1.03 bits per heavy atom.